The van der Waals surface area contributed by atoms with E-state index in [-0.39, 0.29) is 0 Å². The molecule has 0 amide bonds. The van der Waals surface area contributed by atoms with Gasteiger partial charge in [0.05, 0.1) is 6.61 Å². The minimum absolute atomic E-state index is 0.380. The van der Waals surface area contributed by atoms with Gasteiger partial charge < -0.3 is 9.64 Å². The van der Waals surface area contributed by atoms with Gasteiger partial charge in [-0.1, -0.05) is 0 Å². The summed E-state index contributed by atoms with van der Waals surface area (Å²) in [6, 6.07) is 0.936. The van der Waals surface area contributed by atoms with Crippen molar-refractivity contribution in [1.82, 2.24) is 10.3 Å². The molecular weight excluding hydrogens is 210 g/mol. The number of likely N-dealkylation sites (N-methyl/N-ethyl adjacent to an activating group) is 1. The van der Waals surface area contributed by atoms with Gasteiger partial charge in [0.15, 0.2) is 0 Å². The molecule has 2 fully saturated rings. The van der Waals surface area contributed by atoms with Crippen molar-refractivity contribution in [3.8, 4) is 0 Å². The van der Waals surface area contributed by atoms with E-state index in [9.17, 15) is 0 Å². The van der Waals surface area contributed by atoms with Crippen LogP contribution in [0.1, 0.15) is 6.42 Å². The molecule has 0 aromatic heterocycles. The third kappa shape index (κ3) is 2.65. The maximum absolute atomic E-state index is 5.70. The second-order valence-corrected chi connectivity index (χ2v) is 5.59. The van der Waals surface area contributed by atoms with Crippen molar-refractivity contribution in [1.29, 1.82) is 0 Å². The molecule has 2 saturated heterocycles. The highest BCUT2D eigenvalue weighted by molar-refractivity contribution is 7.99. The SMILES string of the molecule is CN1CCSCC1C(NN)C1CCOC1. The van der Waals surface area contributed by atoms with Gasteiger partial charge in [-0.25, -0.2) is 0 Å². The van der Waals surface area contributed by atoms with E-state index in [2.05, 4.69) is 17.4 Å². The average molecular weight is 231 g/mol. The molecule has 3 N–H and O–H groups in total. The first-order valence-corrected chi connectivity index (χ1v) is 6.80. The molecule has 0 saturated carbocycles. The lowest BCUT2D eigenvalue weighted by Gasteiger charge is -2.39. The molecule has 3 atom stereocenters. The van der Waals surface area contributed by atoms with Crippen LogP contribution in [-0.2, 0) is 4.74 Å². The lowest BCUT2D eigenvalue weighted by atomic mass is 9.93. The number of hydrogen-bond donors (Lipinski definition) is 2. The Labute approximate surface area is 95.9 Å². The van der Waals surface area contributed by atoms with E-state index in [1.165, 1.54) is 18.1 Å². The topological polar surface area (TPSA) is 50.5 Å². The third-order valence-corrected chi connectivity index (χ3v) is 4.57. The molecule has 0 aromatic carbocycles. The van der Waals surface area contributed by atoms with Crippen LogP contribution >= 0.6 is 11.8 Å². The van der Waals surface area contributed by atoms with Crippen molar-refractivity contribution >= 4 is 11.8 Å². The van der Waals surface area contributed by atoms with E-state index < -0.39 is 0 Å². The van der Waals surface area contributed by atoms with Crippen molar-refractivity contribution in [3.05, 3.63) is 0 Å². The zero-order valence-corrected chi connectivity index (χ0v) is 10.1. The van der Waals surface area contributed by atoms with Crippen LogP contribution in [0, 0.1) is 5.92 Å². The average Bonchev–Trinajstić information content (AvgIpc) is 2.75. The first-order valence-electron chi connectivity index (χ1n) is 5.65. The highest BCUT2D eigenvalue weighted by atomic mass is 32.2. The van der Waals surface area contributed by atoms with Gasteiger partial charge in [-0.05, 0) is 13.5 Å². The van der Waals surface area contributed by atoms with Crippen LogP contribution in [0.4, 0.5) is 0 Å². The highest BCUT2D eigenvalue weighted by Gasteiger charge is 2.34. The zero-order chi connectivity index (χ0) is 10.7. The Hall–Kier alpha value is 0.190. The lowest BCUT2D eigenvalue weighted by molar-refractivity contribution is 0.143. The Morgan fingerprint density at radius 3 is 3.07 bits per heavy atom. The fraction of sp³-hybridized carbons (Fsp3) is 1.00. The lowest BCUT2D eigenvalue weighted by Crippen LogP contribution is -2.57. The quantitative estimate of drug-likeness (QED) is 0.525. The molecule has 2 aliphatic heterocycles. The number of hydrazine groups is 1. The van der Waals surface area contributed by atoms with Crippen LogP contribution in [0.15, 0.2) is 0 Å². The number of nitrogens with zero attached hydrogens (tertiary/aromatic N) is 1. The van der Waals surface area contributed by atoms with Gasteiger partial charge in [0, 0.05) is 42.7 Å². The summed E-state index contributed by atoms with van der Waals surface area (Å²) in [6.45, 7) is 2.93. The number of nitrogens with one attached hydrogen (secondary N) is 1. The molecule has 0 bridgehead atoms. The Bertz CT molecular complexity index is 199. The molecule has 2 aliphatic rings. The summed E-state index contributed by atoms with van der Waals surface area (Å²) in [5.41, 5.74) is 3.01. The first kappa shape index (κ1) is 11.7. The smallest absolute Gasteiger partial charge is 0.0511 e. The fourth-order valence-electron chi connectivity index (χ4n) is 2.48. The van der Waals surface area contributed by atoms with Crippen molar-refractivity contribution in [2.45, 2.75) is 18.5 Å². The van der Waals surface area contributed by atoms with Gasteiger partial charge in [-0.2, -0.15) is 11.8 Å². The third-order valence-electron chi connectivity index (χ3n) is 3.52. The molecule has 5 heteroatoms. The van der Waals surface area contributed by atoms with Crippen LogP contribution in [0.2, 0.25) is 0 Å². The summed E-state index contributed by atoms with van der Waals surface area (Å²) in [7, 11) is 2.20. The van der Waals surface area contributed by atoms with Crippen LogP contribution in [0.3, 0.4) is 0 Å². The molecule has 3 unspecified atom stereocenters. The van der Waals surface area contributed by atoms with E-state index in [4.69, 9.17) is 10.6 Å². The van der Waals surface area contributed by atoms with E-state index in [1.807, 2.05) is 11.8 Å². The summed E-state index contributed by atoms with van der Waals surface area (Å²) in [4.78, 5) is 2.43. The standard InChI is InChI=1S/C10H21N3OS/c1-13-3-5-15-7-9(13)10(12-11)8-2-4-14-6-8/h8-10,12H,2-7,11H2,1H3. The monoisotopic (exact) mass is 231 g/mol. The molecule has 2 rings (SSSR count). The largest absolute Gasteiger partial charge is 0.381 e. The first-order chi connectivity index (χ1) is 7.33. The van der Waals surface area contributed by atoms with Crippen molar-refractivity contribution < 1.29 is 4.74 Å². The predicted molar refractivity (Wildman–Crippen MR) is 63.8 cm³/mol. The molecule has 88 valence electrons. The van der Waals surface area contributed by atoms with Gasteiger partial charge in [-0.3, -0.25) is 11.3 Å². The van der Waals surface area contributed by atoms with E-state index in [1.54, 1.807) is 0 Å². The highest BCUT2D eigenvalue weighted by Crippen LogP contribution is 2.25. The molecule has 0 radical (unpaired) electrons. The Balaban J connectivity index is 1.97. The summed E-state index contributed by atoms with van der Waals surface area (Å²) in [5, 5.41) is 0. The number of thioether (sulfide) groups is 1. The summed E-state index contributed by atoms with van der Waals surface area (Å²) in [5.74, 6) is 8.71. The molecule has 0 spiro atoms. The summed E-state index contributed by atoms with van der Waals surface area (Å²) < 4.78 is 5.45. The molecule has 2 heterocycles. The Morgan fingerprint density at radius 1 is 1.60 bits per heavy atom. The molecule has 0 aromatic rings. The maximum Gasteiger partial charge on any atom is 0.0511 e. The summed E-state index contributed by atoms with van der Waals surface area (Å²) >= 11 is 2.03. The van der Waals surface area contributed by atoms with E-state index in [0.717, 1.165) is 19.6 Å². The summed E-state index contributed by atoms with van der Waals surface area (Å²) in [6.07, 6.45) is 1.14. The van der Waals surface area contributed by atoms with Crippen molar-refractivity contribution in [2.24, 2.45) is 11.8 Å². The van der Waals surface area contributed by atoms with Crippen LogP contribution in [0.25, 0.3) is 0 Å². The number of rotatable bonds is 3. The fourth-order valence-corrected chi connectivity index (χ4v) is 3.77. The predicted octanol–water partition coefficient (Wildman–Crippen LogP) is -0.0980. The normalized spacial score (nSPS) is 35.6. The van der Waals surface area contributed by atoms with Gasteiger partial charge in [0.1, 0.15) is 0 Å². The molecule has 0 aliphatic carbocycles. The second-order valence-electron chi connectivity index (χ2n) is 4.44. The van der Waals surface area contributed by atoms with Crippen LogP contribution in [0.5, 0.6) is 0 Å². The minimum Gasteiger partial charge on any atom is -0.381 e. The molecular formula is C10H21N3OS. The Morgan fingerprint density at radius 2 is 2.47 bits per heavy atom. The van der Waals surface area contributed by atoms with Gasteiger partial charge in [0.2, 0.25) is 0 Å². The minimum atomic E-state index is 0.380. The second kappa shape index (κ2) is 5.50. The van der Waals surface area contributed by atoms with Crippen molar-refractivity contribution in [3.63, 3.8) is 0 Å². The number of hydrogen-bond acceptors (Lipinski definition) is 5. The van der Waals surface area contributed by atoms with Crippen LogP contribution < -0.4 is 11.3 Å². The molecule has 4 nitrogen and oxygen atoms in total. The Kier molecular flexibility index (Phi) is 4.28. The van der Waals surface area contributed by atoms with Gasteiger partial charge in [0.25, 0.3) is 0 Å². The van der Waals surface area contributed by atoms with Gasteiger partial charge >= 0.3 is 0 Å². The number of ether oxygens (including phenoxy) is 1. The van der Waals surface area contributed by atoms with Gasteiger partial charge in [-0.15, -0.1) is 0 Å². The molecule has 15 heavy (non-hydrogen) atoms. The van der Waals surface area contributed by atoms with E-state index in [0.29, 0.717) is 18.0 Å². The van der Waals surface area contributed by atoms with Crippen LogP contribution in [-0.4, -0.2) is 55.3 Å². The number of nitrogens with two attached hydrogens (primary N) is 1. The van der Waals surface area contributed by atoms with Crippen molar-refractivity contribution in [2.75, 3.05) is 38.3 Å². The zero-order valence-electron chi connectivity index (χ0n) is 9.32. The maximum atomic E-state index is 5.70. The van der Waals surface area contributed by atoms with E-state index >= 15 is 0 Å².